The largest absolute Gasteiger partial charge is 0.338 e. The lowest BCUT2D eigenvalue weighted by molar-refractivity contribution is -0.113. The van der Waals surface area contributed by atoms with Crippen LogP contribution in [0, 0.1) is 0 Å². The van der Waals surface area contributed by atoms with E-state index in [1.807, 2.05) is 24.3 Å². The molecule has 0 aliphatic rings. The van der Waals surface area contributed by atoms with Crippen molar-refractivity contribution < 1.29 is 9.32 Å². The molecule has 0 aliphatic carbocycles. The quantitative estimate of drug-likeness (QED) is 0.546. The van der Waals surface area contributed by atoms with Gasteiger partial charge >= 0.3 is 0 Å². The van der Waals surface area contributed by atoms with Crippen molar-refractivity contribution in [2.75, 3.05) is 11.1 Å². The molecule has 0 fully saturated rings. The molecule has 8 heteroatoms. The molecule has 1 N–H and O–H groups in total. The second-order valence-electron chi connectivity index (χ2n) is 5.70. The van der Waals surface area contributed by atoms with Crippen LogP contribution in [-0.2, 0) is 17.0 Å². The van der Waals surface area contributed by atoms with Crippen LogP contribution in [0.15, 0.2) is 47.0 Å². The van der Waals surface area contributed by atoms with Gasteiger partial charge in [-0.3, -0.25) is 4.79 Å². The number of hydrogen-bond acceptors (Lipinski definition) is 5. The molecule has 1 amide bonds. The van der Waals surface area contributed by atoms with Gasteiger partial charge in [-0.2, -0.15) is 4.98 Å². The van der Waals surface area contributed by atoms with Gasteiger partial charge in [-0.05, 0) is 24.1 Å². The third-order valence-corrected chi connectivity index (χ3v) is 5.51. The number of anilines is 1. The number of carbonyl (C=O) groups is 1. The van der Waals surface area contributed by atoms with E-state index in [1.165, 1.54) is 17.3 Å². The van der Waals surface area contributed by atoms with E-state index in [0.29, 0.717) is 33.2 Å². The van der Waals surface area contributed by atoms with Crippen LogP contribution in [0.5, 0.6) is 0 Å². The number of amides is 1. The van der Waals surface area contributed by atoms with E-state index in [1.54, 1.807) is 18.2 Å². The van der Waals surface area contributed by atoms with Crippen LogP contribution in [0.25, 0.3) is 11.4 Å². The molecular formula is C19H17Cl2N3O2S. The first-order valence-electron chi connectivity index (χ1n) is 8.30. The van der Waals surface area contributed by atoms with Gasteiger partial charge in [0.2, 0.25) is 17.6 Å². The van der Waals surface area contributed by atoms with E-state index in [9.17, 15) is 4.79 Å². The van der Waals surface area contributed by atoms with Crippen molar-refractivity contribution in [3.8, 4) is 11.4 Å². The van der Waals surface area contributed by atoms with Gasteiger partial charge in [0.15, 0.2) is 0 Å². The van der Waals surface area contributed by atoms with E-state index < -0.39 is 0 Å². The standard InChI is InChI=1S/C19H17Cl2N3O2S/c1-2-12-6-8-13(9-7-12)19-23-17(26-24-19)11-27-10-16(25)22-15-5-3-4-14(20)18(15)21/h3-9H,2,10-11H2,1H3,(H,22,25). The highest BCUT2D eigenvalue weighted by molar-refractivity contribution is 7.99. The topological polar surface area (TPSA) is 68.0 Å². The summed E-state index contributed by atoms with van der Waals surface area (Å²) in [5.41, 5.74) is 2.65. The number of nitrogens with one attached hydrogen (secondary N) is 1. The molecule has 1 aromatic heterocycles. The number of halogens is 2. The zero-order valence-corrected chi connectivity index (χ0v) is 16.9. The third-order valence-electron chi connectivity index (χ3n) is 3.77. The predicted octanol–water partition coefficient (Wildman–Crippen LogP) is 5.48. The summed E-state index contributed by atoms with van der Waals surface area (Å²) in [6.07, 6.45) is 0.983. The number of rotatable bonds is 7. The molecule has 0 radical (unpaired) electrons. The minimum Gasteiger partial charge on any atom is -0.338 e. The van der Waals surface area contributed by atoms with Crippen molar-refractivity contribution in [2.45, 2.75) is 19.1 Å². The van der Waals surface area contributed by atoms with E-state index in [-0.39, 0.29) is 11.7 Å². The average Bonchev–Trinajstić information content (AvgIpc) is 3.14. The molecule has 0 atom stereocenters. The van der Waals surface area contributed by atoms with Crippen LogP contribution in [-0.4, -0.2) is 21.8 Å². The summed E-state index contributed by atoms with van der Waals surface area (Å²) in [6.45, 7) is 2.11. The van der Waals surface area contributed by atoms with Gasteiger partial charge in [-0.25, -0.2) is 0 Å². The highest BCUT2D eigenvalue weighted by Crippen LogP contribution is 2.29. The highest BCUT2D eigenvalue weighted by atomic mass is 35.5. The van der Waals surface area contributed by atoms with E-state index in [2.05, 4.69) is 22.4 Å². The number of aromatic nitrogens is 2. The summed E-state index contributed by atoms with van der Waals surface area (Å²) >= 11 is 13.4. The fourth-order valence-corrected chi connectivity index (χ4v) is 3.34. The van der Waals surface area contributed by atoms with Crippen molar-refractivity contribution in [1.82, 2.24) is 10.1 Å². The lowest BCUT2D eigenvalue weighted by Gasteiger charge is -2.07. The Hall–Kier alpha value is -2.02. The van der Waals surface area contributed by atoms with Gasteiger partial charge in [0.05, 0.1) is 27.2 Å². The summed E-state index contributed by atoms with van der Waals surface area (Å²) in [7, 11) is 0. The van der Waals surface area contributed by atoms with Crippen LogP contribution in [0.4, 0.5) is 5.69 Å². The van der Waals surface area contributed by atoms with Crippen molar-refractivity contribution in [3.05, 3.63) is 64.0 Å². The molecule has 0 aliphatic heterocycles. The molecule has 3 rings (SSSR count). The normalized spacial score (nSPS) is 10.8. The van der Waals surface area contributed by atoms with Gasteiger partial charge in [0, 0.05) is 5.56 Å². The Kier molecular flexibility index (Phi) is 6.77. The van der Waals surface area contributed by atoms with Crippen LogP contribution in [0.3, 0.4) is 0 Å². The SMILES string of the molecule is CCc1ccc(-c2noc(CSCC(=O)Nc3cccc(Cl)c3Cl)n2)cc1. The molecule has 1 heterocycles. The molecule has 0 saturated heterocycles. The maximum Gasteiger partial charge on any atom is 0.236 e. The van der Waals surface area contributed by atoms with Gasteiger partial charge in [0.1, 0.15) is 0 Å². The van der Waals surface area contributed by atoms with Crippen molar-refractivity contribution in [3.63, 3.8) is 0 Å². The molecular weight excluding hydrogens is 405 g/mol. The monoisotopic (exact) mass is 421 g/mol. The molecule has 0 spiro atoms. The Morgan fingerprint density at radius 1 is 1.19 bits per heavy atom. The van der Waals surface area contributed by atoms with E-state index in [0.717, 1.165) is 12.0 Å². The van der Waals surface area contributed by atoms with Crippen LogP contribution >= 0.6 is 35.0 Å². The smallest absolute Gasteiger partial charge is 0.236 e. The summed E-state index contributed by atoms with van der Waals surface area (Å²) < 4.78 is 5.26. The first-order chi connectivity index (χ1) is 13.1. The van der Waals surface area contributed by atoms with Crippen LogP contribution in [0.1, 0.15) is 18.4 Å². The van der Waals surface area contributed by atoms with Crippen LogP contribution in [0.2, 0.25) is 10.0 Å². The molecule has 27 heavy (non-hydrogen) atoms. The lowest BCUT2D eigenvalue weighted by atomic mass is 10.1. The summed E-state index contributed by atoms with van der Waals surface area (Å²) in [4.78, 5) is 16.4. The van der Waals surface area contributed by atoms with E-state index in [4.69, 9.17) is 27.7 Å². The van der Waals surface area contributed by atoms with Gasteiger partial charge < -0.3 is 9.84 Å². The van der Waals surface area contributed by atoms with Crippen LogP contribution < -0.4 is 5.32 Å². The number of carbonyl (C=O) groups excluding carboxylic acids is 1. The number of benzene rings is 2. The van der Waals surface area contributed by atoms with Gasteiger partial charge in [0.25, 0.3) is 0 Å². The Morgan fingerprint density at radius 2 is 1.96 bits per heavy atom. The van der Waals surface area contributed by atoms with E-state index >= 15 is 0 Å². The molecule has 5 nitrogen and oxygen atoms in total. The Labute approximate surface area is 171 Å². The zero-order valence-electron chi connectivity index (χ0n) is 14.5. The molecule has 0 saturated carbocycles. The molecule has 0 bridgehead atoms. The maximum absolute atomic E-state index is 12.1. The Bertz CT molecular complexity index is 929. The maximum atomic E-state index is 12.1. The molecule has 0 unspecified atom stereocenters. The van der Waals surface area contributed by atoms with Crippen molar-refractivity contribution in [2.24, 2.45) is 0 Å². The Balaban J connectivity index is 1.51. The minimum absolute atomic E-state index is 0.181. The first kappa shape index (κ1) is 19.7. The zero-order chi connectivity index (χ0) is 19.2. The van der Waals surface area contributed by atoms with Gasteiger partial charge in [-0.1, -0.05) is 65.6 Å². The molecule has 140 valence electrons. The second kappa shape index (κ2) is 9.26. The summed E-state index contributed by atoms with van der Waals surface area (Å²) in [5, 5.41) is 7.46. The summed E-state index contributed by atoms with van der Waals surface area (Å²) in [6, 6.07) is 13.1. The third kappa shape index (κ3) is 5.25. The summed E-state index contributed by atoms with van der Waals surface area (Å²) in [5.74, 6) is 1.51. The lowest BCUT2D eigenvalue weighted by Crippen LogP contribution is -2.14. The molecule has 2 aromatic carbocycles. The minimum atomic E-state index is -0.181. The highest BCUT2D eigenvalue weighted by Gasteiger charge is 2.11. The van der Waals surface area contributed by atoms with Crippen molar-refractivity contribution >= 4 is 46.6 Å². The Morgan fingerprint density at radius 3 is 2.70 bits per heavy atom. The number of aryl methyl sites for hydroxylation is 1. The predicted molar refractivity (Wildman–Crippen MR) is 110 cm³/mol. The number of hydrogen-bond donors (Lipinski definition) is 1. The second-order valence-corrected chi connectivity index (χ2v) is 7.48. The average molecular weight is 422 g/mol. The fraction of sp³-hybridized carbons (Fsp3) is 0.211. The number of nitrogens with zero attached hydrogens (tertiary/aromatic N) is 2. The van der Waals surface area contributed by atoms with Crippen molar-refractivity contribution in [1.29, 1.82) is 0 Å². The first-order valence-corrected chi connectivity index (χ1v) is 10.2. The van der Waals surface area contributed by atoms with Gasteiger partial charge in [-0.15, -0.1) is 11.8 Å². The molecule has 3 aromatic rings. The fourth-order valence-electron chi connectivity index (χ4n) is 2.34. The number of thioether (sulfide) groups is 1.